The fourth-order valence-electron chi connectivity index (χ4n) is 1.93. The molecule has 100 valence electrons. The third-order valence-corrected chi connectivity index (χ3v) is 3.53. The van der Waals surface area contributed by atoms with Gasteiger partial charge in [0.25, 0.3) is 0 Å². The van der Waals surface area contributed by atoms with Crippen molar-refractivity contribution < 1.29 is 18.0 Å². The number of ketones is 1. The Morgan fingerprint density at radius 3 is 2.45 bits per heavy atom. The van der Waals surface area contributed by atoms with Gasteiger partial charge >= 0.3 is 0 Å². The number of furan rings is 1. The van der Waals surface area contributed by atoms with Crippen LogP contribution in [0.2, 0.25) is 0 Å². The predicted octanol–water partition coefficient (Wildman–Crippen LogP) is 4.70. The molecule has 0 unspecified atom stereocenters. The van der Waals surface area contributed by atoms with Gasteiger partial charge in [0, 0.05) is 15.4 Å². The van der Waals surface area contributed by atoms with Crippen LogP contribution in [0.3, 0.4) is 0 Å². The Bertz CT molecular complexity index is 824. The number of hydrogen-bond acceptors (Lipinski definition) is 2. The highest BCUT2D eigenvalue weighted by molar-refractivity contribution is 9.10. The Balaban J connectivity index is 2.08. The maximum absolute atomic E-state index is 13.1. The maximum atomic E-state index is 13.1. The molecule has 0 saturated heterocycles. The standard InChI is InChI=1S/C15H7BrF2O2/c16-12-7-10(18)1-3-11(12)15(19)14-6-8-5-9(17)2-4-13(8)20-14/h1-7H. The summed E-state index contributed by atoms with van der Waals surface area (Å²) < 4.78 is 31.9. The van der Waals surface area contributed by atoms with Gasteiger partial charge in [-0.25, -0.2) is 8.78 Å². The lowest BCUT2D eigenvalue weighted by atomic mass is 10.1. The third-order valence-electron chi connectivity index (χ3n) is 2.88. The Labute approximate surface area is 121 Å². The van der Waals surface area contributed by atoms with Crippen LogP contribution in [0.5, 0.6) is 0 Å². The van der Waals surface area contributed by atoms with Crippen LogP contribution in [0.25, 0.3) is 11.0 Å². The number of hydrogen-bond donors (Lipinski definition) is 0. The highest BCUT2D eigenvalue weighted by atomic mass is 79.9. The van der Waals surface area contributed by atoms with Crippen LogP contribution in [0.4, 0.5) is 8.78 Å². The van der Waals surface area contributed by atoms with Crippen LogP contribution in [-0.4, -0.2) is 5.78 Å². The molecule has 1 heterocycles. The second-order valence-corrected chi connectivity index (χ2v) is 5.10. The number of carbonyl (C=O) groups is 1. The van der Waals surface area contributed by atoms with Crippen molar-refractivity contribution in [3.63, 3.8) is 0 Å². The molecule has 0 radical (unpaired) electrons. The van der Waals surface area contributed by atoms with E-state index in [0.717, 1.165) is 0 Å². The first-order valence-electron chi connectivity index (χ1n) is 5.73. The van der Waals surface area contributed by atoms with E-state index in [9.17, 15) is 13.6 Å². The summed E-state index contributed by atoms with van der Waals surface area (Å²) in [6.07, 6.45) is 0. The first-order valence-corrected chi connectivity index (χ1v) is 6.53. The smallest absolute Gasteiger partial charge is 0.229 e. The number of carbonyl (C=O) groups excluding carboxylic acids is 1. The maximum Gasteiger partial charge on any atom is 0.229 e. The molecule has 0 fully saturated rings. The summed E-state index contributed by atoms with van der Waals surface area (Å²) in [6.45, 7) is 0. The Morgan fingerprint density at radius 1 is 1.00 bits per heavy atom. The normalized spacial score (nSPS) is 10.9. The average molecular weight is 337 g/mol. The third kappa shape index (κ3) is 2.25. The molecule has 0 atom stereocenters. The van der Waals surface area contributed by atoms with Gasteiger partial charge in [0.2, 0.25) is 5.78 Å². The van der Waals surface area contributed by atoms with Crippen molar-refractivity contribution in [1.82, 2.24) is 0 Å². The first-order chi connectivity index (χ1) is 9.54. The molecule has 0 bridgehead atoms. The van der Waals surface area contributed by atoms with Gasteiger partial charge in [-0.2, -0.15) is 0 Å². The van der Waals surface area contributed by atoms with Crippen molar-refractivity contribution in [2.24, 2.45) is 0 Å². The molecule has 3 rings (SSSR count). The van der Waals surface area contributed by atoms with E-state index in [2.05, 4.69) is 15.9 Å². The number of benzene rings is 2. The number of halogens is 3. The molecule has 0 aliphatic carbocycles. The van der Waals surface area contributed by atoms with E-state index < -0.39 is 17.4 Å². The van der Waals surface area contributed by atoms with Gasteiger partial charge in [0.05, 0.1) is 0 Å². The summed E-state index contributed by atoms with van der Waals surface area (Å²) in [5.41, 5.74) is 0.707. The van der Waals surface area contributed by atoms with Crippen molar-refractivity contribution >= 4 is 32.7 Å². The lowest BCUT2D eigenvalue weighted by molar-refractivity contribution is 0.101. The van der Waals surface area contributed by atoms with Gasteiger partial charge in [0.15, 0.2) is 5.76 Å². The molecule has 2 aromatic carbocycles. The molecular formula is C15H7BrF2O2. The largest absolute Gasteiger partial charge is 0.453 e. The molecule has 0 aliphatic heterocycles. The van der Waals surface area contributed by atoms with E-state index >= 15 is 0 Å². The molecule has 1 aromatic heterocycles. The van der Waals surface area contributed by atoms with Crippen LogP contribution in [0.15, 0.2) is 51.4 Å². The van der Waals surface area contributed by atoms with Crippen molar-refractivity contribution in [3.8, 4) is 0 Å². The number of fused-ring (bicyclic) bond motifs is 1. The number of rotatable bonds is 2. The second-order valence-electron chi connectivity index (χ2n) is 4.25. The minimum atomic E-state index is -0.444. The lowest BCUT2D eigenvalue weighted by Crippen LogP contribution is -2.00. The zero-order chi connectivity index (χ0) is 14.3. The summed E-state index contributed by atoms with van der Waals surface area (Å²) in [6, 6.07) is 9.24. The zero-order valence-corrected chi connectivity index (χ0v) is 11.6. The van der Waals surface area contributed by atoms with Gasteiger partial charge in [-0.15, -0.1) is 0 Å². The molecular weight excluding hydrogens is 330 g/mol. The van der Waals surface area contributed by atoms with E-state index in [0.29, 0.717) is 15.4 Å². The van der Waals surface area contributed by atoms with E-state index in [-0.39, 0.29) is 11.3 Å². The quantitative estimate of drug-likeness (QED) is 0.634. The molecule has 20 heavy (non-hydrogen) atoms. The van der Waals surface area contributed by atoms with Gasteiger partial charge in [-0.3, -0.25) is 4.79 Å². The van der Waals surface area contributed by atoms with Gasteiger partial charge in [-0.1, -0.05) is 0 Å². The molecule has 0 saturated carbocycles. The molecule has 0 aliphatic rings. The van der Waals surface area contributed by atoms with Gasteiger partial charge in [-0.05, 0) is 58.4 Å². The van der Waals surface area contributed by atoms with Crippen molar-refractivity contribution in [2.75, 3.05) is 0 Å². The highest BCUT2D eigenvalue weighted by Gasteiger charge is 2.17. The molecule has 2 nitrogen and oxygen atoms in total. The van der Waals surface area contributed by atoms with Crippen molar-refractivity contribution in [2.45, 2.75) is 0 Å². The Hall–Kier alpha value is -2.01. The molecule has 5 heteroatoms. The fourth-order valence-corrected chi connectivity index (χ4v) is 2.46. The molecule has 0 amide bonds. The summed E-state index contributed by atoms with van der Waals surface area (Å²) in [5, 5.41) is 0.506. The van der Waals surface area contributed by atoms with Gasteiger partial charge in [0.1, 0.15) is 17.2 Å². The molecule has 3 aromatic rings. The summed E-state index contributed by atoms with van der Waals surface area (Å²) in [5.74, 6) is -1.16. The molecule has 0 spiro atoms. The van der Waals surface area contributed by atoms with Crippen LogP contribution in [0.1, 0.15) is 16.1 Å². The lowest BCUT2D eigenvalue weighted by Gasteiger charge is -2.00. The van der Waals surface area contributed by atoms with E-state index in [1.165, 1.54) is 42.5 Å². The monoisotopic (exact) mass is 336 g/mol. The van der Waals surface area contributed by atoms with E-state index in [1.807, 2.05) is 0 Å². The van der Waals surface area contributed by atoms with E-state index in [1.54, 1.807) is 0 Å². The van der Waals surface area contributed by atoms with Crippen LogP contribution in [0, 0.1) is 11.6 Å². The fraction of sp³-hybridized carbons (Fsp3) is 0. The van der Waals surface area contributed by atoms with Crippen molar-refractivity contribution in [3.05, 3.63) is 69.9 Å². The summed E-state index contributed by atoms with van der Waals surface area (Å²) in [4.78, 5) is 12.3. The van der Waals surface area contributed by atoms with Crippen molar-refractivity contribution in [1.29, 1.82) is 0 Å². The topological polar surface area (TPSA) is 30.2 Å². The van der Waals surface area contributed by atoms with E-state index in [4.69, 9.17) is 4.42 Å². The second kappa shape index (κ2) is 4.83. The predicted molar refractivity (Wildman–Crippen MR) is 73.7 cm³/mol. The molecule has 0 N–H and O–H groups in total. The van der Waals surface area contributed by atoms with Crippen LogP contribution >= 0.6 is 15.9 Å². The van der Waals surface area contributed by atoms with Crippen LogP contribution < -0.4 is 0 Å². The Morgan fingerprint density at radius 2 is 1.70 bits per heavy atom. The minimum absolute atomic E-state index is 0.0814. The zero-order valence-electron chi connectivity index (χ0n) is 9.99. The average Bonchev–Trinajstić information content (AvgIpc) is 2.81. The summed E-state index contributed by atoms with van der Waals surface area (Å²) in [7, 11) is 0. The first kappa shape index (κ1) is 13.0. The summed E-state index contributed by atoms with van der Waals surface area (Å²) >= 11 is 3.14. The Kier molecular flexibility index (Phi) is 3.14. The SMILES string of the molecule is O=C(c1cc2cc(F)ccc2o1)c1ccc(F)cc1Br. The highest BCUT2D eigenvalue weighted by Crippen LogP contribution is 2.25. The van der Waals surface area contributed by atoms with Gasteiger partial charge < -0.3 is 4.42 Å². The minimum Gasteiger partial charge on any atom is -0.453 e. The van der Waals surface area contributed by atoms with Crippen LogP contribution in [-0.2, 0) is 0 Å².